The Morgan fingerprint density at radius 1 is 1.18 bits per heavy atom. The zero-order valence-electron chi connectivity index (χ0n) is 7.17. The maximum absolute atomic E-state index is 3.98. The van der Waals surface area contributed by atoms with E-state index in [9.17, 15) is 0 Å². The minimum absolute atomic E-state index is 1.14. The summed E-state index contributed by atoms with van der Waals surface area (Å²) in [6.07, 6.45) is 5.97. The first-order chi connectivity index (χ1) is 5.38. The third-order valence-corrected chi connectivity index (χ3v) is 1.94. The van der Waals surface area contributed by atoms with Crippen molar-refractivity contribution < 1.29 is 0 Å². The van der Waals surface area contributed by atoms with E-state index in [0.717, 1.165) is 12.8 Å². The maximum atomic E-state index is 3.98. The fraction of sp³-hybridized carbons (Fsp3) is 0.400. The van der Waals surface area contributed by atoms with E-state index in [-0.39, 0.29) is 0 Å². The van der Waals surface area contributed by atoms with Gasteiger partial charge in [-0.3, -0.25) is 4.98 Å². The van der Waals surface area contributed by atoms with E-state index in [0.29, 0.717) is 0 Å². The van der Waals surface area contributed by atoms with Gasteiger partial charge in [0.05, 0.1) is 0 Å². The second-order valence-corrected chi connectivity index (χ2v) is 2.55. The fourth-order valence-corrected chi connectivity index (χ4v) is 1.25. The zero-order chi connectivity index (χ0) is 8.10. The molecule has 0 spiro atoms. The Balaban J connectivity index is 2.74. The van der Waals surface area contributed by atoms with Crippen LogP contribution < -0.4 is 0 Å². The number of hydrogen-bond donors (Lipinski definition) is 0. The van der Waals surface area contributed by atoms with Crippen LogP contribution >= 0.6 is 0 Å². The molecule has 0 aliphatic rings. The standard InChI is InChI=1S/C10H14N/c1-3-9(4-2)10-5-7-11-8-6-10/h5-8H,3-4H2,1-2H3. The second-order valence-electron chi connectivity index (χ2n) is 2.55. The van der Waals surface area contributed by atoms with Gasteiger partial charge in [0.1, 0.15) is 0 Å². The Hall–Kier alpha value is -0.850. The van der Waals surface area contributed by atoms with Crippen LogP contribution in [0, 0.1) is 5.92 Å². The highest BCUT2D eigenvalue weighted by Crippen LogP contribution is 2.20. The van der Waals surface area contributed by atoms with Crippen LogP contribution in [0.1, 0.15) is 32.3 Å². The highest BCUT2D eigenvalue weighted by atomic mass is 14.6. The summed E-state index contributed by atoms with van der Waals surface area (Å²) in [7, 11) is 0. The first-order valence-electron chi connectivity index (χ1n) is 4.13. The van der Waals surface area contributed by atoms with Crippen LogP contribution in [-0.4, -0.2) is 4.98 Å². The molecule has 1 nitrogen and oxygen atoms in total. The normalized spacial score (nSPS) is 10.5. The molecule has 1 heteroatoms. The lowest BCUT2D eigenvalue weighted by Gasteiger charge is -2.10. The lowest BCUT2D eigenvalue weighted by Crippen LogP contribution is -1.95. The summed E-state index contributed by atoms with van der Waals surface area (Å²) < 4.78 is 0. The topological polar surface area (TPSA) is 12.9 Å². The summed E-state index contributed by atoms with van der Waals surface area (Å²) in [5, 5.41) is 0. The van der Waals surface area contributed by atoms with Crippen LogP contribution in [0.15, 0.2) is 24.5 Å². The zero-order valence-corrected chi connectivity index (χ0v) is 7.17. The van der Waals surface area contributed by atoms with Crippen LogP contribution in [0.4, 0.5) is 0 Å². The van der Waals surface area contributed by atoms with Gasteiger partial charge in [-0.15, -0.1) is 0 Å². The Morgan fingerprint density at radius 3 is 2.18 bits per heavy atom. The van der Waals surface area contributed by atoms with Gasteiger partial charge in [0.2, 0.25) is 0 Å². The third kappa shape index (κ3) is 2.04. The van der Waals surface area contributed by atoms with Crippen molar-refractivity contribution in [1.82, 2.24) is 4.98 Å². The molecular weight excluding hydrogens is 134 g/mol. The molecule has 0 amide bonds. The summed E-state index contributed by atoms with van der Waals surface area (Å²) in [6.45, 7) is 4.39. The van der Waals surface area contributed by atoms with Crippen molar-refractivity contribution in [2.45, 2.75) is 26.7 Å². The van der Waals surface area contributed by atoms with Crippen molar-refractivity contribution in [2.75, 3.05) is 0 Å². The molecular formula is C10H14N. The molecule has 0 atom stereocenters. The minimum atomic E-state index is 1.14. The molecule has 1 radical (unpaired) electrons. The molecule has 11 heavy (non-hydrogen) atoms. The molecule has 1 aromatic rings. The first-order valence-corrected chi connectivity index (χ1v) is 4.13. The molecule has 0 saturated carbocycles. The van der Waals surface area contributed by atoms with Gasteiger partial charge in [0, 0.05) is 18.3 Å². The summed E-state index contributed by atoms with van der Waals surface area (Å²) >= 11 is 0. The van der Waals surface area contributed by atoms with E-state index in [1.165, 1.54) is 11.5 Å². The molecule has 0 saturated heterocycles. The predicted molar refractivity (Wildman–Crippen MR) is 47.2 cm³/mol. The third-order valence-electron chi connectivity index (χ3n) is 1.94. The molecule has 0 aliphatic heterocycles. The van der Waals surface area contributed by atoms with Gasteiger partial charge < -0.3 is 0 Å². The van der Waals surface area contributed by atoms with E-state index in [1.54, 1.807) is 0 Å². The molecule has 59 valence electrons. The minimum Gasteiger partial charge on any atom is -0.265 e. The number of hydrogen-bond acceptors (Lipinski definition) is 1. The summed E-state index contributed by atoms with van der Waals surface area (Å²) in [6, 6.07) is 4.14. The molecule has 1 aromatic heterocycles. The Morgan fingerprint density at radius 2 is 1.73 bits per heavy atom. The number of rotatable bonds is 3. The van der Waals surface area contributed by atoms with Crippen molar-refractivity contribution in [2.24, 2.45) is 0 Å². The van der Waals surface area contributed by atoms with E-state index < -0.39 is 0 Å². The number of pyridine rings is 1. The highest BCUT2D eigenvalue weighted by molar-refractivity contribution is 5.27. The van der Waals surface area contributed by atoms with Crippen LogP contribution in [-0.2, 0) is 0 Å². The number of aromatic nitrogens is 1. The monoisotopic (exact) mass is 148 g/mol. The summed E-state index contributed by atoms with van der Waals surface area (Å²) in [5.74, 6) is 1.51. The Bertz CT molecular complexity index is 189. The smallest absolute Gasteiger partial charge is 0.0270 e. The van der Waals surface area contributed by atoms with Crippen molar-refractivity contribution in [3.05, 3.63) is 36.0 Å². The van der Waals surface area contributed by atoms with Crippen LogP contribution in [0.3, 0.4) is 0 Å². The fourth-order valence-electron chi connectivity index (χ4n) is 1.25. The average molecular weight is 148 g/mol. The van der Waals surface area contributed by atoms with Gasteiger partial charge in [0.25, 0.3) is 0 Å². The van der Waals surface area contributed by atoms with E-state index in [1.807, 2.05) is 12.4 Å². The van der Waals surface area contributed by atoms with E-state index in [2.05, 4.69) is 31.0 Å². The van der Waals surface area contributed by atoms with Crippen molar-refractivity contribution in [3.8, 4) is 0 Å². The van der Waals surface area contributed by atoms with Gasteiger partial charge in [-0.25, -0.2) is 0 Å². The molecule has 1 rings (SSSR count). The lowest BCUT2D eigenvalue weighted by atomic mass is 9.95. The predicted octanol–water partition coefficient (Wildman–Crippen LogP) is 2.82. The SMILES string of the molecule is CC[C](CC)c1ccncc1. The van der Waals surface area contributed by atoms with Gasteiger partial charge in [0.15, 0.2) is 0 Å². The van der Waals surface area contributed by atoms with E-state index >= 15 is 0 Å². The van der Waals surface area contributed by atoms with Gasteiger partial charge in [-0.05, 0) is 30.5 Å². The van der Waals surface area contributed by atoms with Crippen LogP contribution in [0.2, 0.25) is 0 Å². The molecule has 0 bridgehead atoms. The lowest BCUT2D eigenvalue weighted by molar-refractivity contribution is 0.848. The Kier molecular flexibility index (Phi) is 3.09. The molecule has 0 unspecified atom stereocenters. The van der Waals surface area contributed by atoms with Gasteiger partial charge in [-0.2, -0.15) is 0 Å². The summed E-state index contributed by atoms with van der Waals surface area (Å²) in [5.41, 5.74) is 1.34. The second kappa shape index (κ2) is 4.12. The molecule has 1 heterocycles. The molecule has 0 fully saturated rings. The van der Waals surface area contributed by atoms with Crippen LogP contribution in [0.5, 0.6) is 0 Å². The van der Waals surface area contributed by atoms with Crippen molar-refractivity contribution in [1.29, 1.82) is 0 Å². The highest BCUT2D eigenvalue weighted by Gasteiger charge is 2.05. The maximum Gasteiger partial charge on any atom is 0.0270 e. The molecule has 0 N–H and O–H groups in total. The number of nitrogens with zero attached hydrogens (tertiary/aromatic N) is 1. The summed E-state index contributed by atoms with van der Waals surface area (Å²) in [4.78, 5) is 3.98. The van der Waals surface area contributed by atoms with E-state index in [4.69, 9.17) is 0 Å². The average Bonchev–Trinajstić information content (AvgIpc) is 2.09. The molecule has 0 aromatic carbocycles. The van der Waals surface area contributed by atoms with Gasteiger partial charge >= 0.3 is 0 Å². The Labute approximate surface area is 68.5 Å². The molecule has 0 aliphatic carbocycles. The first kappa shape index (κ1) is 8.25. The quantitative estimate of drug-likeness (QED) is 0.642. The largest absolute Gasteiger partial charge is 0.265 e. The van der Waals surface area contributed by atoms with Crippen molar-refractivity contribution >= 4 is 0 Å². The van der Waals surface area contributed by atoms with Crippen molar-refractivity contribution in [3.63, 3.8) is 0 Å². The van der Waals surface area contributed by atoms with Crippen LogP contribution in [0.25, 0.3) is 0 Å². The van der Waals surface area contributed by atoms with Gasteiger partial charge in [-0.1, -0.05) is 13.8 Å².